The Bertz CT molecular complexity index is 974. The van der Waals surface area contributed by atoms with Crippen LogP contribution in [-0.4, -0.2) is 6.61 Å². The zero-order chi connectivity index (χ0) is 24.5. The summed E-state index contributed by atoms with van der Waals surface area (Å²) in [7, 11) is 0. The Hall–Kier alpha value is -2.09. The third-order valence-electron chi connectivity index (χ3n) is 8.56. The molecule has 0 saturated heterocycles. The van der Waals surface area contributed by atoms with Gasteiger partial charge in [-0.25, -0.2) is 4.39 Å². The van der Waals surface area contributed by atoms with Crippen LogP contribution in [0.3, 0.4) is 0 Å². The second-order valence-electron chi connectivity index (χ2n) is 11.0. The van der Waals surface area contributed by atoms with Gasteiger partial charge in [-0.3, -0.25) is 0 Å². The fourth-order valence-electron chi connectivity index (χ4n) is 6.29. The Morgan fingerprint density at radius 3 is 2.29 bits per heavy atom. The van der Waals surface area contributed by atoms with Crippen LogP contribution in [0.25, 0.3) is 10.8 Å². The second kappa shape index (κ2) is 13.3. The first-order valence-electron chi connectivity index (χ1n) is 14.3. The lowest BCUT2D eigenvalue weighted by atomic mass is 9.74. The molecule has 0 unspecified atom stereocenters. The highest BCUT2D eigenvalue weighted by molar-refractivity contribution is 5.85. The van der Waals surface area contributed by atoms with E-state index < -0.39 is 0 Å². The first-order chi connectivity index (χ1) is 17.2. The predicted molar refractivity (Wildman–Crippen MR) is 148 cm³/mol. The summed E-state index contributed by atoms with van der Waals surface area (Å²) < 4.78 is 21.2. The van der Waals surface area contributed by atoms with Crippen molar-refractivity contribution in [3.63, 3.8) is 0 Å². The molecule has 0 heterocycles. The maximum atomic E-state index is 15.5. The Morgan fingerprint density at radius 1 is 0.886 bits per heavy atom. The summed E-state index contributed by atoms with van der Waals surface area (Å²) in [6.45, 7) is 4.78. The van der Waals surface area contributed by atoms with Crippen molar-refractivity contribution in [1.82, 2.24) is 0 Å². The van der Waals surface area contributed by atoms with Crippen molar-refractivity contribution in [3.05, 3.63) is 66.0 Å². The van der Waals surface area contributed by atoms with Gasteiger partial charge in [0.2, 0.25) is 0 Å². The molecule has 1 nitrogen and oxygen atoms in total. The molecule has 0 N–H and O–H groups in total. The van der Waals surface area contributed by atoms with Crippen molar-refractivity contribution in [1.29, 1.82) is 0 Å². The summed E-state index contributed by atoms with van der Waals surface area (Å²) in [6.07, 6.45) is 24.5. The SMILES string of the molecule is CC=CCOc1ccc2c(F)c(C3CCC(CCC4CCC(/C=C/CCC)CC4)CC3)ccc2c1. The van der Waals surface area contributed by atoms with Crippen molar-refractivity contribution in [2.24, 2.45) is 17.8 Å². The van der Waals surface area contributed by atoms with E-state index in [2.05, 4.69) is 25.1 Å². The molecule has 190 valence electrons. The van der Waals surface area contributed by atoms with Gasteiger partial charge >= 0.3 is 0 Å². The summed E-state index contributed by atoms with van der Waals surface area (Å²) in [5, 5.41) is 1.65. The molecule has 0 aromatic heterocycles. The van der Waals surface area contributed by atoms with Gasteiger partial charge in [-0.05, 0) is 118 Å². The topological polar surface area (TPSA) is 9.23 Å². The lowest BCUT2D eigenvalue weighted by Gasteiger charge is -2.32. The van der Waals surface area contributed by atoms with E-state index in [0.717, 1.165) is 52.7 Å². The maximum absolute atomic E-state index is 15.5. The van der Waals surface area contributed by atoms with Gasteiger partial charge in [0.25, 0.3) is 0 Å². The van der Waals surface area contributed by atoms with E-state index in [1.165, 1.54) is 64.2 Å². The van der Waals surface area contributed by atoms with Crippen LogP contribution in [0.15, 0.2) is 54.6 Å². The van der Waals surface area contributed by atoms with Gasteiger partial charge in [0.1, 0.15) is 18.2 Å². The molecule has 0 amide bonds. The third-order valence-corrected chi connectivity index (χ3v) is 8.56. The molecule has 0 radical (unpaired) electrons. The number of unbranched alkanes of at least 4 members (excludes halogenated alkanes) is 1. The summed E-state index contributed by atoms with van der Waals surface area (Å²) in [6, 6.07) is 9.85. The van der Waals surface area contributed by atoms with Gasteiger partial charge in [0.15, 0.2) is 0 Å². The van der Waals surface area contributed by atoms with Gasteiger partial charge in [-0.15, -0.1) is 0 Å². The molecule has 2 aliphatic rings. The first kappa shape index (κ1) is 26.0. The van der Waals surface area contributed by atoms with E-state index in [1.54, 1.807) is 0 Å². The number of hydrogen-bond donors (Lipinski definition) is 0. The molecule has 2 aliphatic carbocycles. The van der Waals surface area contributed by atoms with Crippen LogP contribution in [0.1, 0.15) is 102 Å². The lowest BCUT2D eigenvalue weighted by molar-refractivity contribution is 0.245. The highest BCUT2D eigenvalue weighted by atomic mass is 19.1. The van der Waals surface area contributed by atoms with E-state index >= 15 is 4.39 Å². The van der Waals surface area contributed by atoms with Crippen LogP contribution in [0.5, 0.6) is 5.75 Å². The molecule has 4 rings (SSSR count). The van der Waals surface area contributed by atoms with Gasteiger partial charge in [0, 0.05) is 5.39 Å². The summed E-state index contributed by atoms with van der Waals surface area (Å²) in [5.74, 6) is 3.76. The molecule has 2 heteroatoms. The number of fused-ring (bicyclic) bond motifs is 1. The lowest BCUT2D eigenvalue weighted by Crippen LogP contribution is -2.17. The van der Waals surface area contributed by atoms with Crippen LogP contribution >= 0.6 is 0 Å². The van der Waals surface area contributed by atoms with Crippen LogP contribution in [-0.2, 0) is 0 Å². The van der Waals surface area contributed by atoms with E-state index in [0.29, 0.717) is 12.5 Å². The van der Waals surface area contributed by atoms with Gasteiger partial charge < -0.3 is 4.74 Å². The average molecular weight is 477 g/mol. The number of rotatable bonds is 10. The van der Waals surface area contributed by atoms with Gasteiger partial charge in [-0.2, -0.15) is 0 Å². The van der Waals surface area contributed by atoms with Crippen molar-refractivity contribution < 1.29 is 9.13 Å². The standard InChI is InChI=1S/C33H45FO/c1-3-5-7-8-25-9-11-26(12-10-25)13-14-27-15-17-28(18-16-27)31-21-19-29-24-30(35-23-6-4-2)20-22-32(29)33(31)34/h4,6-8,19-22,24-28H,3,5,9-18,23H2,1-2H3/b6-4?,8-7+. The van der Waals surface area contributed by atoms with E-state index in [9.17, 15) is 0 Å². The Kier molecular flexibility index (Phi) is 9.86. The van der Waals surface area contributed by atoms with Gasteiger partial charge in [-0.1, -0.05) is 62.6 Å². The highest BCUT2D eigenvalue weighted by Crippen LogP contribution is 2.41. The Morgan fingerprint density at radius 2 is 1.60 bits per heavy atom. The molecule has 0 atom stereocenters. The van der Waals surface area contributed by atoms with Crippen molar-refractivity contribution >= 4 is 10.8 Å². The van der Waals surface area contributed by atoms with E-state index in [1.807, 2.05) is 43.3 Å². The Labute approximate surface area is 212 Å². The minimum atomic E-state index is -0.0179. The number of benzene rings is 2. The van der Waals surface area contributed by atoms with Crippen molar-refractivity contribution in [3.8, 4) is 5.75 Å². The van der Waals surface area contributed by atoms with E-state index in [4.69, 9.17) is 4.74 Å². The number of ether oxygens (including phenoxy) is 1. The number of halogens is 1. The molecule has 2 saturated carbocycles. The van der Waals surface area contributed by atoms with Crippen molar-refractivity contribution in [2.45, 2.75) is 96.8 Å². The predicted octanol–water partition coefficient (Wildman–Crippen LogP) is 10.2. The maximum Gasteiger partial charge on any atom is 0.134 e. The fraction of sp³-hybridized carbons (Fsp3) is 0.576. The minimum Gasteiger partial charge on any atom is -0.490 e. The minimum absolute atomic E-state index is 0.0179. The largest absolute Gasteiger partial charge is 0.490 e. The monoisotopic (exact) mass is 476 g/mol. The molecule has 0 spiro atoms. The molecule has 2 fully saturated rings. The zero-order valence-electron chi connectivity index (χ0n) is 22.0. The van der Waals surface area contributed by atoms with Crippen LogP contribution in [0.2, 0.25) is 0 Å². The normalized spacial score (nSPS) is 25.6. The average Bonchev–Trinajstić information content (AvgIpc) is 2.89. The first-order valence-corrected chi connectivity index (χ1v) is 14.3. The second-order valence-corrected chi connectivity index (χ2v) is 11.0. The Balaban J connectivity index is 1.24. The summed E-state index contributed by atoms with van der Waals surface area (Å²) in [5.41, 5.74) is 0.924. The molecule has 2 aromatic carbocycles. The zero-order valence-corrected chi connectivity index (χ0v) is 22.0. The number of hydrogen-bond acceptors (Lipinski definition) is 1. The van der Waals surface area contributed by atoms with Gasteiger partial charge in [0.05, 0.1) is 0 Å². The van der Waals surface area contributed by atoms with Crippen LogP contribution in [0, 0.1) is 23.6 Å². The van der Waals surface area contributed by atoms with Crippen LogP contribution < -0.4 is 4.74 Å². The quantitative estimate of drug-likeness (QED) is 0.310. The highest BCUT2D eigenvalue weighted by Gasteiger charge is 2.26. The molecular weight excluding hydrogens is 431 g/mol. The summed E-state index contributed by atoms with van der Waals surface area (Å²) in [4.78, 5) is 0. The fourth-order valence-corrected chi connectivity index (χ4v) is 6.29. The molecule has 2 aromatic rings. The smallest absolute Gasteiger partial charge is 0.134 e. The summed E-state index contributed by atoms with van der Waals surface area (Å²) >= 11 is 0. The molecule has 0 bridgehead atoms. The van der Waals surface area contributed by atoms with E-state index in [-0.39, 0.29) is 5.82 Å². The molecule has 0 aliphatic heterocycles. The molecule has 35 heavy (non-hydrogen) atoms. The van der Waals surface area contributed by atoms with Crippen LogP contribution in [0.4, 0.5) is 4.39 Å². The molecular formula is C33H45FO. The number of allylic oxidation sites excluding steroid dienone is 3. The third kappa shape index (κ3) is 7.21. The van der Waals surface area contributed by atoms with Crippen molar-refractivity contribution in [2.75, 3.05) is 6.61 Å².